The zero-order valence-electron chi connectivity index (χ0n) is 18.9. The number of nitrogens with one attached hydrogen (secondary N) is 1. The minimum absolute atomic E-state index is 0.0308. The van der Waals surface area contributed by atoms with Gasteiger partial charge in [0.05, 0.1) is 37.0 Å². The molecule has 1 aliphatic heterocycles. The molecule has 0 spiro atoms. The Bertz CT molecular complexity index is 1100. The number of benzene rings is 2. The van der Waals surface area contributed by atoms with Crippen molar-refractivity contribution < 1.29 is 18.6 Å². The number of rotatable bonds is 11. The lowest BCUT2D eigenvalue weighted by molar-refractivity contribution is 0.0357. The molecule has 1 fully saturated rings. The van der Waals surface area contributed by atoms with Crippen LogP contribution in [0.5, 0.6) is 11.5 Å². The van der Waals surface area contributed by atoms with Gasteiger partial charge in [-0.2, -0.15) is 0 Å². The second kappa shape index (κ2) is 12.1. The Labute approximate surface area is 203 Å². The molecule has 182 valence electrons. The molecule has 34 heavy (non-hydrogen) atoms. The highest BCUT2D eigenvalue weighted by atomic mass is 35.5. The van der Waals surface area contributed by atoms with E-state index in [1.54, 1.807) is 6.07 Å². The molecule has 1 aromatic heterocycles. The van der Waals surface area contributed by atoms with Crippen LogP contribution in [0.1, 0.15) is 12.8 Å². The zero-order valence-corrected chi connectivity index (χ0v) is 19.7. The molecule has 3 aromatic rings. The highest BCUT2D eigenvalue weighted by Crippen LogP contribution is 2.35. The molecule has 0 saturated carbocycles. The molecule has 2 heterocycles. The Balaban J connectivity index is 1.53. The fourth-order valence-electron chi connectivity index (χ4n) is 3.66. The maximum atomic E-state index is 13.5. The van der Waals surface area contributed by atoms with Crippen LogP contribution in [0.4, 0.5) is 15.9 Å². The van der Waals surface area contributed by atoms with Gasteiger partial charge in [-0.15, -0.1) is 0 Å². The first-order valence-electron chi connectivity index (χ1n) is 11.4. The molecule has 1 aliphatic rings. The minimum Gasteiger partial charge on any atom is -0.490 e. The average molecular weight is 490 g/mol. The molecule has 8 nitrogen and oxygen atoms in total. The number of hydrogen-bond donors (Lipinski definition) is 2. The van der Waals surface area contributed by atoms with Crippen LogP contribution < -0.4 is 20.5 Å². The lowest BCUT2D eigenvalue weighted by atomic mass is 10.2. The monoisotopic (exact) mass is 489 g/mol. The molecule has 0 bridgehead atoms. The summed E-state index contributed by atoms with van der Waals surface area (Å²) in [7, 11) is 0. The second-order valence-corrected chi connectivity index (χ2v) is 8.35. The van der Waals surface area contributed by atoms with Gasteiger partial charge in [0, 0.05) is 36.8 Å². The summed E-state index contributed by atoms with van der Waals surface area (Å²) in [5.41, 5.74) is 6.92. The van der Waals surface area contributed by atoms with Crippen molar-refractivity contribution in [2.75, 3.05) is 57.9 Å². The molecule has 0 amide bonds. The number of fused-ring (bicyclic) bond motifs is 1. The largest absolute Gasteiger partial charge is 0.490 e. The highest BCUT2D eigenvalue weighted by Gasteiger charge is 2.14. The van der Waals surface area contributed by atoms with E-state index in [1.165, 1.54) is 18.5 Å². The number of halogens is 2. The number of morpholine rings is 1. The molecule has 2 aromatic carbocycles. The van der Waals surface area contributed by atoms with Gasteiger partial charge in [-0.25, -0.2) is 14.4 Å². The number of aromatic nitrogens is 2. The first-order chi connectivity index (χ1) is 16.6. The van der Waals surface area contributed by atoms with E-state index in [0.29, 0.717) is 48.3 Å². The van der Waals surface area contributed by atoms with Gasteiger partial charge in [0.1, 0.15) is 18.0 Å². The maximum absolute atomic E-state index is 13.5. The third kappa shape index (κ3) is 6.44. The molecule has 0 atom stereocenters. The van der Waals surface area contributed by atoms with Crippen molar-refractivity contribution in [3.05, 3.63) is 47.5 Å². The number of ether oxygens (including phenoxy) is 3. The Morgan fingerprint density at radius 1 is 1.06 bits per heavy atom. The van der Waals surface area contributed by atoms with E-state index in [1.807, 2.05) is 12.1 Å². The van der Waals surface area contributed by atoms with Crippen molar-refractivity contribution in [3.63, 3.8) is 0 Å². The Morgan fingerprint density at radius 2 is 1.82 bits per heavy atom. The quantitative estimate of drug-likeness (QED) is 0.390. The Morgan fingerprint density at radius 3 is 2.59 bits per heavy atom. The third-order valence-corrected chi connectivity index (χ3v) is 5.76. The standard InChI is InChI=1S/C24H29ClFN5O3/c25-19-13-17(3-4-20(19)26)30-24-18-14-22(34-10-2-6-31-7-11-32-12-8-31)23(33-9-1-5-27)15-21(18)28-16-29-24/h3-4,13-16H,1-2,5-12,27H2,(H,28,29,30). The SMILES string of the molecule is NCCCOc1cc2ncnc(Nc3ccc(F)c(Cl)c3)c2cc1OCCCN1CCOCC1. The first-order valence-corrected chi connectivity index (χ1v) is 11.8. The predicted molar refractivity (Wildman–Crippen MR) is 131 cm³/mol. The summed E-state index contributed by atoms with van der Waals surface area (Å²) in [6, 6.07) is 8.13. The van der Waals surface area contributed by atoms with E-state index in [4.69, 9.17) is 31.5 Å². The molecule has 0 unspecified atom stereocenters. The molecule has 0 aliphatic carbocycles. The van der Waals surface area contributed by atoms with Crippen LogP contribution in [0.25, 0.3) is 10.9 Å². The van der Waals surface area contributed by atoms with Gasteiger partial charge in [-0.05, 0) is 43.7 Å². The van der Waals surface area contributed by atoms with Crippen LogP contribution in [0.15, 0.2) is 36.7 Å². The van der Waals surface area contributed by atoms with Crippen LogP contribution in [0.2, 0.25) is 5.02 Å². The highest BCUT2D eigenvalue weighted by molar-refractivity contribution is 6.31. The second-order valence-electron chi connectivity index (χ2n) is 7.94. The van der Waals surface area contributed by atoms with Crippen molar-refractivity contribution in [1.29, 1.82) is 0 Å². The van der Waals surface area contributed by atoms with Crippen LogP contribution in [-0.4, -0.2) is 67.5 Å². The lowest BCUT2D eigenvalue weighted by Crippen LogP contribution is -2.37. The number of anilines is 2. The molecule has 10 heteroatoms. The van der Waals surface area contributed by atoms with Gasteiger partial charge in [0.2, 0.25) is 0 Å². The van der Waals surface area contributed by atoms with E-state index in [0.717, 1.165) is 51.1 Å². The Kier molecular flexibility index (Phi) is 8.70. The van der Waals surface area contributed by atoms with E-state index < -0.39 is 5.82 Å². The smallest absolute Gasteiger partial charge is 0.163 e. The molecular weight excluding hydrogens is 461 g/mol. The molecular formula is C24H29ClFN5O3. The lowest BCUT2D eigenvalue weighted by Gasteiger charge is -2.26. The fourth-order valence-corrected chi connectivity index (χ4v) is 3.84. The van der Waals surface area contributed by atoms with Crippen LogP contribution in [-0.2, 0) is 4.74 Å². The van der Waals surface area contributed by atoms with Crippen LogP contribution in [0, 0.1) is 5.82 Å². The molecule has 3 N–H and O–H groups in total. The number of hydrogen-bond acceptors (Lipinski definition) is 8. The summed E-state index contributed by atoms with van der Waals surface area (Å²) in [6.07, 6.45) is 3.07. The summed E-state index contributed by atoms with van der Waals surface area (Å²) in [4.78, 5) is 11.1. The maximum Gasteiger partial charge on any atom is 0.163 e. The predicted octanol–water partition coefficient (Wildman–Crippen LogP) is 3.99. The summed E-state index contributed by atoms with van der Waals surface area (Å²) in [6.45, 7) is 5.96. The van der Waals surface area contributed by atoms with Crippen molar-refractivity contribution in [2.24, 2.45) is 5.73 Å². The topological polar surface area (TPSA) is 94.8 Å². The normalized spacial score (nSPS) is 14.3. The van der Waals surface area contributed by atoms with E-state index in [9.17, 15) is 4.39 Å². The van der Waals surface area contributed by atoms with Crippen LogP contribution in [0.3, 0.4) is 0 Å². The first kappa shape index (κ1) is 24.4. The number of nitrogens with two attached hydrogens (primary N) is 1. The van der Waals surface area contributed by atoms with Crippen molar-refractivity contribution >= 4 is 34.0 Å². The third-order valence-electron chi connectivity index (χ3n) is 5.47. The zero-order chi connectivity index (χ0) is 23.8. The van der Waals surface area contributed by atoms with Crippen molar-refractivity contribution in [2.45, 2.75) is 12.8 Å². The van der Waals surface area contributed by atoms with Crippen LogP contribution >= 0.6 is 11.6 Å². The van der Waals surface area contributed by atoms with Crippen molar-refractivity contribution in [1.82, 2.24) is 14.9 Å². The van der Waals surface area contributed by atoms with Gasteiger partial charge in [-0.1, -0.05) is 11.6 Å². The van der Waals surface area contributed by atoms with Gasteiger partial charge in [0.15, 0.2) is 11.5 Å². The fraction of sp³-hybridized carbons (Fsp3) is 0.417. The van der Waals surface area contributed by atoms with Gasteiger partial charge < -0.3 is 25.3 Å². The molecule has 0 radical (unpaired) electrons. The van der Waals surface area contributed by atoms with E-state index in [2.05, 4.69) is 20.2 Å². The minimum atomic E-state index is -0.480. The van der Waals surface area contributed by atoms with E-state index >= 15 is 0 Å². The number of nitrogens with zero attached hydrogens (tertiary/aromatic N) is 3. The summed E-state index contributed by atoms with van der Waals surface area (Å²) < 4.78 is 31.0. The summed E-state index contributed by atoms with van der Waals surface area (Å²) in [5.74, 6) is 1.30. The van der Waals surface area contributed by atoms with Crippen molar-refractivity contribution in [3.8, 4) is 11.5 Å². The molecule has 1 saturated heterocycles. The summed E-state index contributed by atoms with van der Waals surface area (Å²) >= 11 is 5.93. The van der Waals surface area contributed by atoms with E-state index in [-0.39, 0.29) is 5.02 Å². The van der Waals surface area contributed by atoms with Gasteiger partial charge in [-0.3, -0.25) is 4.90 Å². The van der Waals surface area contributed by atoms with Gasteiger partial charge >= 0.3 is 0 Å². The Hall–Kier alpha value is -2.72. The van der Waals surface area contributed by atoms with Gasteiger partial charge in [0.25, 0.3) is 0 Å². The molecule has 4 rings (SSSR count). The summed E-state index contributed by atoms with van der Waals surface area (Å²) in [5, 5.41) is 3.97. The average Bonchev–Trinajstić information content (AvgIpc) is 2.85.